The third kappa shape index (κ3) is 27.2. The summed E-state index contributed by atoms with van der Waals surface area (Å²) in [6, 6.07) is -1.38. The third-order valence-electron chi connectivity index (χ3n) is 10.9. The van der Waals surface area contributed by atoms with Gasteiger partial charge in [-0.15, -0.1) is 0 Å². The third-order valence-corrected chi connectivity index (χ3v) is 10.9. The van der Waals surface area contributed by atoms with E-state index in [1.807, 2.05) is 52.6 Å². The Morgan fingerprint density at radius 3 is 1.85 bits per heavy atom. The van der Waals surface area contributed by atoms with E-state index < -0.39 is 54.7 Å². The van der Waals surface area contributed by atoms with Crippen LogP contribution in [0.5, 0.6) is 0 Å². The molecule has 0 saturated carbocycles. The van der Waals surface area contributed by atoms with Crippen molar-refractivity contribution in [3.05, 3.63) is 37.0 Å². The number of ether oxygens (including phenoxy) is 5. The highest BCUT2D eigenvalue weighted by molar-refractivity contribution is 5.88. The molecule has 1 aliphatic heterocycles. The summed E-state index contributed by atoms with van der Waals surface area (Å²) < 4.78 is 28.0. The van der Waals surface area contributed by atoms with Crippen molar-refractivity contribution >= 4 is 29.6 Å². The van der Waals surface area contributed by atoms with Gasteiger partial charge in [0.1, 0.15) is 6.54 Å². The highest BCUT2D eigenvalue weighted by Gasteiger charge is 2.42. The average Bonchev–Trinajstić information content (AvgIpc) is 3.76. The lowest BCUT2D eigenvalue weighted by atomic mass is 9.90. The first-order chi connectivity index (χ1) is 31.2. The van der Waals surface area contributed by atoms with Crippen molar-refractivity contribution in [2.45, 2.75) is 118 Å². The van der Waals surface area contributed by atoms with Crippen LogP contribution >= 0.6 is 0 Å². The Morgan fingerprint density at radius 2 is 1.39 bits per heavy atom. The van der Waals surface area contributed by atoms with Crippen LogP contribution in [-0.2, 0) is 52.5 Å². The van der Waals surface area contributed by atoms with Gasteiger partial charge in [0, 0.05) is 34.4 Å². The van der Waals surface area contributed by atoms with Crippen molar-refractivity contribution in [3.63, 3.8) is 0 Å². The number of aliphatic carboxylic acids is 1. The number of likely N-dealkylation sites (tertiary alicyclic amines) is 1. The summed E-state index contributed by atoms with van der Waals surface area (Å²) >= 11 is 0. The minimum atomic E-state index is -1.16. The predicted octanol–water partition coefficient (Wildman–Crippen LogP) is 4.09. The summed E-state index contributed by atoms with van der Waals surface area (Å²) in [5.41, 5.74) is 1.15. The van der Waals surface area contributed by atoms with E-state index in [2.05, 4.69) is 49.4 Å². The van der Waals surface area contributed by atoms with E-state index in [0.29, 0.717) is 78.6 Å². The molecule has 1 heterocycles. The molecule has 0 aliphatic carbocycles. The number of hydrogen-bond donors (Lipinski definition) is 4. The zero-order valence-corrected chi connectivity index (χ0v) is 42.8. The molecule has 0 bridgehead atoms. The predicted molar refractivity (Wildman–Crippen MR) is 258 cm³/mol. The number of methoxy groups -OCH3 is 2. The van der Waals surface area contributed by atoms with E-state index in [4.69, 9.17) is 34.7 Å². The van der Waals surface area contributed by atoms with Gasteiger partial charge in [-0.1, -0.05) is 98.8 Å². The highest BCUT2D eigenvalue weighted by Crippen LogP contribution is 2.29. The molecule has 66 heavy (non-hydrogen) atoms. The lowest BCUT2D eigenvalue weighted by molar-refractivity contribution is -0.146. The lowest BCUT2D eigenvalue weighted by Crippen LogP contribution is -2.55. The fraction of sp³-hybridized carbons (Fsp3) is 0.771. The van der Waals surface area contributed by atoms with Gasteiger partial charge in [0.25, 0.3) is 0 Å². The van der Waals surface area contributed by atoms with Crippen LogP contribution in [0.25, 0.3) is 0 Å². The standard InChI is InChI=1S/C37H70N6O12.C7H10.C4H10/c1-10-26(4)34(29(50-8)22-30(44)43-13-11-12-28(43)35(51-9)27(5)36(48)40-24-32(46)47)42(7)31(45)23-39-37(49)33(25(2)3)41(6)14-15-52-16-17-53-18-19-54-20-21-55-38;1-4-6-7(3)5-2;1-4(2)3/h25-29,33-35H,10-24,38H2,1-9H3,(H,39,49)(H,40,48)(H,46,47);4-6H,1-2H2,3H3;4H,1-3H3/b;7-6-;. The van der Waals surface area contributed by atoms with E-state index in [-0.39, 0.29) is 42.5 Å². The molecule has 7 atom stereocenters. The van der Waals surface area contributed by atoms with Gasteiger partial charge in [-0.3, -0.25) is 28.9 Å². The number of rotatable bonds is 32. The van der Waals surface area contributed by atoms with Gasteiger partial charge >= 0.3 is 5.97 Å². The molecule has 18 nitrogen and oxygen atoms in total. The van der Waals surface area contributed by atoms with Crippen molar-refractivity contribution in [2.75, 3.05) is 101 Å². The molecule has 0 aromatic heterocycles. The van der Waals surface area contributed by atoms with E-state index in [9.17, 15) is 24.0 Å². The molecule has 0 radical (unpaired) electrons. The number of carbonyl (C=O) groups excluding carboxylic acids is 4. The highest BCUT2D eigenvalue weighted by atomic mass is 16.6. The summed E-state index contributed by atoms with van der Waals surface area (Å²) in [6.45, 7) is 28.1. The summed E-state index contributed by atoms with van der Waals surface area (Å²) in [6.07, 6.45) is 6.15. The maximum Gasteiger partial charge on any atom is 0.322 e. The molecule has 384 valence electrons. The Labute approximate surface area is 397 Å². The minimum absolute atomic E-state index is 0.0179. The Morgan fingerprint density at radius 1 is 0.848 bits per heavy atom. The molecule has 1 fully saturated rings. The molecule has 7 unspecified atom stereocenters. The molecule has 1 saturated heterocycles. The van der Waals surface area contributed by atoms with Crippen LogP contribution in [0.2, 0.25) is 0 Å². The van der Waals surface area contributed by atoms with Gasteiger partial charge in [-0.05, 0) is 44.6 Å². The van der Waals surface area contributed by atoms with E-state index >= 15 is 0 Å². The first-order valence-corrected chi connectivity index (χ1v) is 23.2. The van der Waals surface area contributed by atoms with Crippen molar-refractivity contribution in [2.24, 2.45) is 29.6 Å². The van der Waals surface area contributed by atoms with Crippen LogP contribution in [0.15, 0.2) is 37.0 Å². The lowest BCUT2D eigenvalue weighted by Gasteiger charge is -2.39. The van der Waals surface area contributed by atoms with Crippen LogP contribution in [-0.4, -0.2) is 180 Å². The fourth-order valence-electron chi connectivity index (χ4n) is 7.30. The first kappa shape index (κ1) is 64.3. The topological polar surface area (TPSA) is 221 Å². The summed E-state index contributed by atoms with van der Waals surface area (Å²) in [5, 5.41) is 14.2. The number of carboxylic acids is 1. The first-order valence-electron chi connectivity index (χ1n) is 23.2. The van der Waals surface area contributed by atoms with E-state index in [0.717, 1.165) is 11.5 Å². The van der Waals surface area contributed by atoms with Crippen molar-refractivity contribution < 1.29 is 57.6 Å². The molecule has 0 aromatic carbocycles. The van der Waals surface area contributed by atoms with Crippen LogP contribution in [0, 0.1) is 23.7 Å². The maximum atomic E-state index is 13.9. The molecule has 1 rings (SSSR count). The average molecular weight is 943 g/mol. The fourth-order valence-corrected chi connectivity index (χ4v) is 7.30. The summed E-state index contributed by atoms with van der Waals surface area (Å²) in [5.74, 6) is 2.55. The van der Waals surface area contributed by atoms with Gasteiger partial charge < -0.3 is 54.1 Å². The Bertz CT molecular complexity index is 1410. The van der Waals surface area contributed by atoms with Gasteiger partial charge in [0.05, 0.1) is 95.5 Å². The number of carboxylic acid groups (broad SMARTS) is 1. The second kappa shape index (κ2) is 38.2. The number of likely N-dealkylation sites (N-methyl/N-ethyl adjacent to an activating group) is 2. The SMILES string of the molecule is C=C/C=C(/C)C=C.CC(C)C.CCC(C)C(C(CC(=O)N1CCCC1C(OC)C(C)C(=O)NCC(=O)O)OC)N(C)C(=O)CNC(=O)C(C(C)C)N(C)CCOCCOCCOCCON. The number of carbonyl (C=O) groups is 5. The second-order valence-corrected chi connectivity index (χ2v) is 17.4. The zero-order chi connectivity index (χ0) is 50.8. The van der Waals surface area contributed by atoms with Crippen LogP contribution in [0.1, 0.15) is 88.0 Å². The number of hydrogen-bond acceptors (Lipinski definition) is 13. The molecule has 0 aromatic rings. The van der Waals surface area contributed by atoms with Crippen LogP contribution in [0.3, 0.4) is 0 Å². The minimum Gasteiger partial charge on any atom is -0.480 e. The molecule has 4 amide bonds. The van der Waals surface area contributed by atoms with Crippen molar-refractivity contribution in [1.82, 2.24) is 25.3 Å². The number of allylic oxidation sites excluding steroid dienone is 4. The molecular weight excluding hydrogens is 853 g/mol. The number of nitrogens with zero attached hydrogens (tertiary/aromatic N) is 3. The Kier molecular flexibility index (Phi) is 37.3. The smallest absolute Gasteiger partial charge is 0.322 e. The quantitative estimate of drug-likeness (QED) is 0.0424. The Hall–Kier alpha value is -3.75. The van der Waals surface area contributed by atoms with Gasteiger partial charge in [0.2, 0.25) is 23.6 Å². The van der Waals surface area contributed by atoms with Crippen molar-refractivity contribution in [3.8, 4) is 0 Å². The molecule has 1 aliphatic rings. The van der Waals surface area contributed by atoms with Crippen LogP contribution in [0.4, 0.5) is 0 Å². The normalized spacial score (nSPS) is 16.5. The molecule has 0 spiro atoms. The number of nitrogens with two attached hydrogens (primary N) is 1. The van der Waals surface area contributed by atoms with Crippen molar-refractivity contribution in [1.29, 1.82) is 0 Å². The van der Waals surface area contributed by atoms with Gasteiger partial charge in [-0.25, -0.2) is 5.90 Å². The van der Waals surface area contributed by atoms with Gasteiger partial charge in [0.15, 0.2) is 0 Å². The second-order valence-electron chi connectivity index (χ2n) is 17.4. The van der Waals surface area contributed by atoms with E-state index in [1.165, 1.54) is 14.2 Å². The number of nitrogens with one attached hydrogen (secondary N) is 2. The largest absolute Gasteiger partial charge is 0.480 e. The molecule has 18 heteroatoms. The maximum absolute atomic E-state index is 13.9. The molecular formula is C48H90N6O12. The zero-order valence-electron chi connectivity index (χ0n) is 42.8. The molecule has 5 N–H and O–H groups in total. The van der Waals surface area contributed by atoms with Gasteiger partial charge in [-0.2, -0.15) is 0 Å². The monoisotopic (exact) mass is 943 g/mol. The van der Waals surface area contributed by atoms with E-state index in [1.54, 1.807) is 35.9 Å². The number of amides is 4. The summed E-state index contributed by atoms with van der Waals surface area (Å²) in [4.78, 5) is 74.2. The Balaban J connectivity index is 0. The summed E-state index contributed by atoms with van der Waals surface area (Å²) in [7, 11) is 6.49. The van der Waals surface area contributed by atoms with Crippen LogP contribution < -0.4 is 16.5 Å².